The summed E-state index contributed by atoms with van der Waals surface area (Å²) in [5, 5.41) is 6.41. The number of carbonyl (C=O) groups is 1. The zero-order chi connectivity index (χ0) is 21.3. The zero-order valence-electron chi connectivity index (χ0n) is 17.7. The average Bonchev–Trinajstić information content (AvgIpc) is 2.84. The van der Waals surface area contributed by atoms with Crippen molar-refractivity contribution in [2.75, 3.05) is 11.9 Å². The molecule has 1 aliphatic carbocycles. The predicted molar refractivity (Wildman–Crippen MR) is 125 cm³/mol. The van der Waals surface area contributed by atoms with E-state index in [-0.39, 0.29) is 5.91 Å². The van der Waals surface area contributed by atoms with E-state index in [1.165, 1.54) is 31.3 Å². The fraction of sp³-hybridized carbons (Fsp3) is 0.269. The van der Waals surface area contributed by atoms with Gasteiger partial charge < -0.3 is 10.6 Å². The van der Waals surface area contributed by atoms with Crippen LogP contribution in [0.15, 0.2) is 78.6 Å². The van der Waals surface area contributed by atoms with Crippen molar-refractivity contribution in [1.82, 2.24) is 15.3 Å². The summed E-state index contributed by atoms with van der Waals surface area (Å²) in [5.74, 6) is 0.483. The molecule has 5 nitrogen and oxygen atoms in total. The van der Waals surface area contributed by atoms with Gasteiger partial charge in [0.05, 0.1) is 11.3 Å². The third-order valence-electron chi connectivity index (χ3n) is 5.51. The van der Waals surface area contributed by atoms with Crippen LogP contribution in [0.3, 0.4) is 0 Å². The molecule has 1 aromatic carbocycles. The zero-order valence-corrected chi connectivity index (χ0v) is 17.7. The summed E-state index contributed by atoms with van der Waals surface area (Å²) >= 11 is 0. The maximum atomic E-state index is 12.9. The minimum atomic E-state index is -0.143. The Morgan fingerprint density at radius 1 is 1.00 bits per heavy atom. The molecule has 0 bridgehead atoms. The Kier molecular flexibility index (Phi) is 7.06. The van der Waals surface area contributed by atoms with Crippen LogP contribution < -0.4 is 10.6 Å². The number of hydrogen-bond acceptors (Lipinski definition) is 4. The summed E-state index contributed by atoms with van der Waals surface area (Å²) < 4.78 is 0. The van der Waals surface area contributed by atoms with Crippen LogP contribution in [0.25, 0.3) is 11.3 Å². The van der Waals surface area contributed by atoms with Crippen LogP contribution in [0.2, 0.25) is 0 Å². The Morgan fingerprint density at radius 3 is 2.68 bits per heavy atom. The average molecular weight is 413 g/mol. The van der Waals surface area contributed by atoms with Gasteiger partial charge in [-0.3, -0.25) is 9.78 Å². The highest BCUT2D eigenvalue weighted by atomic mass is 16.1. The van der Waals surface area contributed by atoms with Gasteiger partial charge in [0, 0.05) is 31.0 Å². The highest BCUT2D eigenvalue weighted by molar-refractivity contribution is 5.99. The highest BCUT2D eigenvalue weighted by Crippen LogP contribution is 2.23. The smallest absolute Gasteiger partial charge is 0.255 e. The molecule has 0 atom stereocenters. The van der Waals surface area contributed by atoms with Gasteiger partial charge in [0.15, 0.2) is 0 Å². The van der Waals surface area contributed by atoms with E-state index >= 15 is 0 Å². The van der Waals surface area contributed by atoms with Gasteiger partial charge in [-0.25, -0.2) is 4.98 Å². The van der Waals surface area contributed by atoms with E-state index in [2.05, 4.69) is 21.7 Å². The lowest BCUT2D eigenvalue weighted by molar-refractivity contribution is 0.0951. The first-order chi connectivity index (χ1) is 15.3. The summed E-state index contributed by atoms with van der Waals surface area (Å²) in [6.07, 6.45) is 11.7. The lowest BCUT2D eigenvalue weighted by Crippen LogP contribution is -2.24. The van der Waals surface area contributed by atoms with E-state index in [4.69, 9.17) is 4.98 Å². The molecule has 0 fully saturated rings. The van der Waals surface area contributed by atoms with Crippen LogP contribution in [-0.4, -0.2) is 22.4 Å². The second kappa shape index (κ2) is 10.5. The summed E-state index contributed by atoms with van der Waals surface area (Å²) in [6.45, 7) is 1.19. The van der Waals surface area contributed by atoms with Gasteiger partial charge in [-0.15, -0.1) is 0 Å². The van der Waals surface area contributed by atoms with Crippen LogP contribution in [0, 0.1) is 0 Å². The Hall–Kier alpha value is -3.47. The van der Waals surface area contributed by atoms with Crippen molar-refractivity contribution < 1.29 is 4.79 Å². The third-order valence-corrected chi connectivity index (χ3v) is 5.51. The molecule has 0 spiro atoms. The summed E-state index contributed by atoms with van der Waals surface area (Å²) in [7, 11) is 0. The van der Waals surface area contributed by atoms with E-state index in [1.807, 2.05) is 54.6 Å². The number of rotatable bonds is 8. The maximum absolute atomic E-state index is 12.9. The van der Waals surface area contributed by atoms with Crippen LogP contribution in [0.4, 0.5) is 5.82 Å². The third kappa shape index (κ3) is 5.79. The number of aromatic nitrogens is 2. The molecule has 1 amide bonds. The van der Waals surface area contributed by atoms with Crippen molar-refractivity contribution in [2.45, 2.75) is 38.6 Å². The summed E-state index contributed by atoms with van der Waals surface area (Å²) in [6, 6.07) is 17.6. The lowest BCUT2D eigenvalue weighted by atomic mass is 9.97. The highest BCUT2D eigenvalue weighted by Gasteiger charge is 2.15. The Balaban J connectivity index is 1.51. The minimum absolute atomic E-state index is 0.143. The first-order valence-electron chi connectivity index (χ1n) is 10.9. The lowest BCUT2D eigenvalue weighted by Gasteiger charge is -2.16. The number of allylic oxidation sites excluding steroid dienone is 1. The molecule has 2 aromatic heterocycles. The van der Waals surface area contributed by atoms with Crippen LogP contribution in [0.1, 0.15) is 48.0 Å². The van der Waals surface area contributed by atoms with Crippen molar-refractivity contribution in [3.05, 3.63) is 89.8 Å². The van der Waals surface area contributed by atoms with E-state index in [0.29, 0.717) is 17.9 Å². The number of amides is 1. The summed E-state index contributed by atoms with van der Waals surface area (Å²) in [4.78, 5) is 21.8. The Morgan fingerprint density at radius 2 is 1.90 bits per heavy atom. The molecular weight excluding hydrogens is 384 g/mol. The molecule has 4 rings (SSSR count). The molecule has 1 aliphatic rings. The number of benzene rings is 1. The van der Waals surface area contributed by atoms with Gasteiger partial charge in [-0.2, -0.15) is 0 Å². The van der Waals surface area contributed by atoms with Gasteiger partial charge >= 0.3 is 0 Å². The van der Waals surface area contributed by atoms with Crippen molar-refractivity contribution in [1.29, 1.82) is 0 Å². The second-order valence-corrected chi connectivity index (χ2v) is 7.79. The molecular formula is C26H28N4O. The number of carbonyl (C=O) groups excluding carboxylic acids is 1. The Labute approximate surface area is 183 Å². The van der Waals surface area contributed by atoms with Gasteiger partial charge in [0.1, 0.15) is 5.82 Å². The molecule has 0 saturated heterocycles. The predicted octanol–water partition coefficient (Wildman–Crippen LogP) is 5.38. The minimum Gasteiger partial charge on any atom is -0.369 e. The van der Waals surface area contributed by atoms with E-state index in [9.17, 15) is 4.79 Å². The molecule has 2 N–H and O–H groups in total. The van der Waals surface area contributed by atoms with Gasteiger partial charge in [0.25, 0.3) is 5.91 Å². The monoisotopic (exact) mass is 412 g/mol. The quantitative estimate of drug-likeness (QED) is 0.488. The topological polar surface area (TPSA) is 66.9 Å². The first kappa shape index (κ1) is 20.8. The van der Waals surface area contributed by atoms with Crippen LogP contribution >= 0.6 is 0 Å². The van der Waals surface area contributed by atoms with Gasteiger partial charge in [0.2, 0.25) is 0 Å². The molecule has 5 heteroatoms. The van der Waals surface area contributed by atoms with E-state index in [0.717, 1.165) is 29.8 Å². The second-order valence-electron chi connectivity index (χ2n) is 7.79. The standard InChI is InChI=1S/C26H28N4O/c31-26(29-19-21-10-7-16-27-18-21)23-13-14-24(22-11-5-2-6-12-22)30-25(23)28-17-15-20-8-3-1-4-9-20/h2,5-8,10-14,16,18H,1,3-4,9,15,17,19H2,(H,28,30)(H,29,31). The number of hydrogen-bond donors (Lipinski definition) is 2. The molecule has 3 aromatic rings. The molecule has 158 valence electrons. The summed E-state index contributed by atoms with van der Waals surface area (Å²) in [5.41, 5.74) is 4.90. The molecule has 0 saturated carbocycles. The van der Waals surface area contributed by atoms with Gasteiger partial charge in [-0.05, 0) is 55.9 Å². The largest absolute Gasteiger partial charge is 0.369 e. The number of anilines is 1. The van der Waals surface area contributed by atoms with E-state index in [1.54, 1.807) is 12.4 Å². The SMILES string of the molecule is O=C(NCc1cccnc1)c1ccc(-c2ccccc2)nc1NCCC1=CCCCC1. The molecule has 0 aliphatic heterocycles. The van der Waals surface area contributed by atoms with Crippen LogP contribution in [-0.2, 0) is 6.54 Å². The van der Waals surface area contributed by atoms with E-state index < -0.39 is 0 Å². The number of pyridine rings is 2. The van der Waals surface area contributed by atoms with Gasteiger partial charge in [-0.1, -0.05) is 48.0 Å². The molecule has 0 unspecified atom stereocenters. The fourth-order valence-electron chi connectivity index (χ4n) is 3.80. The normalized spacial score (nSPS) is 13.4. The van der Waals surface area contributed by atoms with Crippen molar-refractivity contribution >= 4 is 11.7 Å². The van der Waals surface area contributed by atoms with Crippen LogP contribution in [0.5, 0.6) is 0 Å². The molecule has 0 radical (unpaired) electrons. The molecule has 31 heavy (non-hydrogen) atoms. The number of nitrogens with one attached hydrogen (secondary N) is 2. The maximum Gasteiger partial charge on any atom is 0.255 e. The fourth-order valence-corrected chi connectivity index (χ4v) is 3.80. The number of nitrogens with zero attached hydrogens (tertiary/aromatic N) is 2. The van der Waals surface area contributed by atoms with Crippen molar-refractivity contribution in [3.8, 4) is 11.3 Å². The van der Waals surface area contributed by atoms with Crippen molar-refractivity contribution in [2.24, 2.45) is 0 Å². The first-order valence-corrected chi connectivity index (χ1v) is 10.9. The van der Waals surface area contributed by atoms with Crippen molar-refractivity contribution in [3.63, 3.8) is 0 Å². The Bertz CT molecular complexity index is 1030. The molecule has 2 heterocycles.